The summed E-state index contributed by atoms with van der Waals surface area (Å²) >= 11 is 1.55. The molecule has 1 unspecified atom stereocenters. The number of aromatic nitrogens is 1. The molecule has 158 valence electrons. The highest BCUT2D eigenvalue weighted by Crippen LogP contribution is 2.31. The molecule has 2 heterocycles. The van der Waals surface area contributed by atoms with E-state index in [-0.39, 0.29) is 6.54 Å². The van der Waals surface area contributed by atoms with Gasteiger partial charge in [0.2, 0.25) is 5.91 Å². The van der Waals surface area contributed by atoms with Crippen molar-refractivity contribution in [2.24, 2.45) is 0 Å². The first-order valence-electron chi connectivity index (χ1n) is 9.80. The topological polar surface area (TPSA) is 91.4 Å². The molecule has 0 bridgehead atoms. The van der Waals surface area contributed by atoms with Crippen LogP contribution in [0.5, 0.6) is 0 Å². The van der Waals surface area contributed by atoms with E-state index in [0.29, 0.717) is 11.3 Å². The highest BCUT2D eigenvalue weighted by molar-refractivity contribution is 7.09. The predicted octanol–water partition coefficient (Wildman–Crippen LogP) is 3.83. The van der Waals surface area contributed by atoms with Crippen molar-refractivity contribution >= 4 is 34.9 Å². The van der Waals surface area contributed by atoms with Crippen LogP contribution in [0.2, 0.25) is 0 Å². The predicted molar refractivity (Wildman–Crippen MR) is 120 cm³/mol. The van der Waals surface area contributed by atoms with Crippen molar-refractivity contribution in [2.45, 2.75) is 26.3 Å². The molecule has 2 N–H and O–H groups in total. The van der Waals surface area contributed by atoms with Gasteiger partial charge in [0.1, 0.15) is 12.1 Å². The van der Waals surface area contributed by atoms with Gasteiger partial charge in [0.25, 0.3) is 5.91 Å². The molecular weight excluding hydrogens is 412 g/mol. The Morgan fingerprint density at radius 2 is 1.94 bits per heavy atom. The van der Waals surface area contributed by atoms with Crippen LogP contribution in [-0.4, -0.2) is 34.3 Å². The standard InChI is InChI=1S/C23H22N4O3S/c1-14-7-4-5-10-18(14)23(3)21(29)27(22(30)26-23)12-20(28)25-17-9-6-8-16(11-17)19-13-31-15(2)24-19/h4-11,13H,12H2,1-3H3,(H,25,28)(H,26,30). The third-order valence-corrected chi connectivity index (χ3v) is 6.10. The van der Waals surface area contributed by atoms with E-state index in [4.69, 9.17) is 0 Å². The summed E-state index contributed by atoms with van der Waals surface area (Å²) in [6.45, 7) is 5.10. The van der Waals surface area contributed by atoms with E-state index in [1.807, 2.05) is 61.7 Å². The lowest BCUT2D eigenvalue weighted by Crippen LogP contribution is -2.42. The van der Waals surface area contributed by atoms with Crippen molar-refractivity contribution < 1.29 is 14.4 Å². The van der Waals surface area contributed by atoms with Crippen molar-refractivity contribution in [3.63, 3.8) is 0 Å². The first-order chi connectivity index (χ1) is 14.8. The van der Waals surface area contributed by atoms with E-state index in [1.165, 1.54) is 0 Å². The van der Waals surface area contributed by atoms with Crippen LogP contribution in [0, 0.1) is 13.8 Å². The molecule has 1 fully saturated rings. The number of rotatable bonds is 5. The van der Waals surface area contributed by atoms with Crippen LogP contribution in [0.4, 0.5) is 10.5 Å². The second kappa shape index (κ2) is 7.96. The van der Waals surface area contributed by atoms with Crippen LogP contribution in [0.15, 0.2) is 53.9 Å². The molecule has 0 saturated carbocycles. The Labute approximate surface area is 184 Å². The first-order valence-corrected chi connectivity index (χ1v) is 10.7. The summed E-state index contributed by atoms with van der Waals surface area (Å²) in [6, 6.07) is 14.1. The third kappa shape index (κ3) is 3.94. The maximum absolute atomic E-state index is 13.1. The third-order valence-electron chi connectivity index (χ3n) is 5.32. The van der Waals surface area contributed by atoms with E-state index in [9.17, 15) is 14.4 Å². The Morgan fingerprint density at radius 3 is 2.65 bits per heavy atom. The minimum absolute atomic E-state index is 0.369. The Bertz CT molecular complexity index is 1190. The van der Waals surface area contributed by atoms with E-state index in [2.05, 4.69) is 15.6 Å². The maximum atomic E-state index is 13.1. The van der Waals surface area contributed by atoms with Crippen molar-refractivity contribution in [1.29, 1.82) is 0 Å². The highest BCUT2D eigenvalue weighted by atomic mass is 32.1. The summed E-state index contributed by atoms with van der Waals surface area (Å²) in [5.41, 5.74) is 2.68. The quantitative estimate of drug-likeness (QED) is 0.597. The fraction of sp³-hybridized carbons (Fsp3) is 0.217. The summed E-state index contributed by atoms with van der Waals surface area (Å²) < 4.78 is 0. The van der Waals surface area contributed by atoms with Crippen LogP contribution in [0.3, 0.4) is 0 Å². The molecule has 1 aromatic heterocycles. The van der Waals surface area contributed by atoms with Gasteiger partial charge in [-0.25, -0.2) is 9.78 Å². The Morgan fingerprint density at radius 1 is 1.16 bits per heavy atom. The number of carbonyl (C=O) groups is 3. The molecular formula is C23H22N4O3S. The number of amides is 4. The minimum Gasteiger partial charge on any atom is -0.325 e. The van der Waals surface area contributed by atoms with Crippen LogP contribution in [0.1, 0.15) is 23.1 Å². The normalized spacial score (nSPS) is 18.2. The second-order valence-corrected chi connectivity index (χ2v) is 8.70. The van der Waals surface area contributed by atoms with Gasteiger partial charge in [-0.1, -0.05) is 36.4 Å². The largest absolute Gasteiger partial charge is 0.325 e. The molecule has 0 spiro atoms. The van der Waals surface area contributed by atoms with E-state index < -0.39 is 23.4 Å². The van der Waals surface area contributed by atoms with Gasteiger partial charge in [0.05, 0.1) is 10.7 Å². The van der Waals surface area contributed by atoms with Crippen LogP contribution < -0.4 is 10.6 Å². The maximum Gasteiger partial charge on any atom is 0.325 e. The molecule has 0 aliphatic carbocycles. The summed E-state index contributed by atoms with van der Waals surface area (Å²) in [4.78, 5) is 43.6. The summed E-state index contributed by atoms with van der Waals surface area (Å²) in [5, 5.41) is 8.42. The Kier molecular flexibility index (Phi) is 5.32. The van der Waals surface area contributed by atoms with Gasteiger partial charge in [-0.3, -0.25) is 14.5 Å². The zero-order valence-corrected chi connectivity index (χ0v) is 18.2. The van der Waals surface area contributed by atoms with Crippen LogP contribution in [-0.2, 0) is 15.1 Å². The van der Waals surface area contributed by atoms with Gasteiger partial charge in [0, 0.05) is 16.6 Å². The summed E-state index contributed by atoms with van der Waals surface area (Å²) in [5.74, 6) is -0.905. The van der Waals surface area contributed by atoms with Crippen molar-refractivity contribution in [1.82, 2.24) is 15.2 Å². The second-order valence-electron chi connectivity index (χ2n) is 7.64. The highest BCUT2D eigenvalue weighted by Gasteiger charge is 2.50. The molecule has 1 aliphatic heterocycles. The number of nitrogens with one attached hydrogen (secondary N) is 2. The number of anilines is 1. The molecule has 4 amide bonds. The molecule has 31 heavy (non-hydrogen) atoms. The number of hydrogen-bond donors (Lipinski definition) is 2. The lowest BCUT2D eigenvalue weighted by molar-refractivity contribution is -0.133. The van der Waals surface area contributed by atoms with E-state index in [1.54, 1.807) is 24.3 Å². The lowest BCUT2D eigenvalue weighted by Gasteiger charge is -2.24. The molecule has 4 rings (SSSR count). The molecule has 1 saturated heterocycles. The number of aryl methyl sites for hydroxylation is 2. The van der Waals surface area contributed by atoms with Crippen molar-refractivity contribution in [3.8, 4) is 11.3 Å². The van der Waals surface area contributed by atoms with Gasteiger partial charge < -0.3 is 10.6 Å². The Hall–Kier alpha value is -3.52. The van der Waals surface area contributed by atoms with Gasteiger partial charge in [0.15, 0.2) is 0 Å². The molecule has 2 aromatic carbocycles. The number of imide groups is 1. The van der Waals surface area contributed by atoms with Gasteiger partial charge in [-0.05, 0) is 44.0 Å². The first kappa shape index (κ1) is 20.7. The smallest absolute Gasteiger partial charge is 0.325 e. The van der Waals surface area contributed by atoms with Gasteiger partial charge in [-0.15, -0.1) is 11.3 Å². The van der Waals surface area contributed by atoms with E-state index in [0.717, 1.165) is 26.7 Å². The molecule has 3 aromatic rings. The summed E-state index contributed by atoms with van der Waals surface area (Å²) in [7, 11) is 0. The fourth-order valence-electron chi connectivity index (χ4n) is 3.75. The molecule has 1 atom stereocenters. The van der Waals surface area contributed by atoms with Gasteiger partial charge >= 0.3 is 6.03 Å². The number of thiazole rings is 1. The average Bonchev–Trinajstić information content (AvgIpc) is 3.26. The number of hydrogen-bond acceptors (Lipinski definition) is 5. The minimum atomic E-state index is -1.20. The number of benzene rings is 2. The molecule has 7 nitrogen and oxygen atoms in total. The number of urea groups is 1. The molecule has 1 aliphatic rings. The zero-order chi connectivity index (χ0) is 22.2. The van der Waals surface area contributed by atoms with Crippen molar-refractivity contribution in [3.05, 3.63) is 70.0 Å². The number of nitrogens with zero attached hydrogens (tertiary/aromatic N) is 2. The average molecular weight is 435 g/mol. The van der Waals surface area contributed by atoms with Crippen LogP contribution in [0.25, 0.3) is 11.3 Å². The zero-order valence-electron chi connectivity index (χ0n) is 17.4. The Balaban J connectivity index is 1.49. The van der Waals surface area contributed by atoms with Gasteiger partial charge in [-0.2, -0.15) is 0 Å². The number of carbonyl (C=O) groups excluding carboxylic acids is 3. The monoisotopic (exact) mass is 434 g/mol. The van der Waals surface area contributed by atoms with Crippen molar-refractivity contribution in [2.75, 3.05) is 11.9 Å². The summed E-state index contributed by atoms with van der Waals surface area (Å²) in [6.07, 6.45) is 0. The van der Waals surface area contributed by atoms with E-state index >= 15 is 0 Å². The SMILES string of the molecule is Cc1nc(-c2cccc(NC(=O)CN3C(=O)NC(C)(c4ccccc4C)C3=O)c2)cs1. The molecule has 0 radical (unpaired) electrons. The van der Waals surface area contributed by atoms with Crippen LogP contribution >= 0.6 is 11.3 Å². The molecule has 8 heteroatoms. The fourth-order valence-corrected chi connectivity index (χ4v) is 4.38. The lowest BCUT2D eigenvalue weighted by atomic mass is 9.88.